The Morgan fingerprint density at radius 2 is 1.72 bits per heavy atom. The molecule has 1 aliphatic rings. The van der Waals surface area contributed by atoms with Gasteiger partial charge < -0.3 is 20.1 Å². The minimum Gasteiger partial charge on any atom is -0.445 e. The largest absolute Gasteiger partial charge is 0.445 e. The molecule has 1 fully saturated rings. The van der Waals surface area contributed by atoms with E-state index in [0.29, 0.717) is 12.4 Å². The Balaban J connectivity index is 1.40. The van der Waals surface area contributed by atoms with E-state index in [-0.39, 0.29) is 23.8 Å². The lowest BCUT2D eigenvalue weighted by molar-refractivity contribution is -0.119. The van der Waals surface area contributed by atoms with Crippen molar-refractivity contribution in [2.45, 2.75) is 66.3 Å². The molecule has 3 aromatic rings. The Bertz CT molecular complexity index is 1380. The summed E-state index contributed by atoms with van der Waals surface area (Å²) >= 11 is 0. The van der Waals surface area contributed by atoms with Crippen LogP contribution in [0.1, 0.15) is 50.1 Å². The van der Waals surface area contributed by atoms with E-state index in [2.05, 4.69) is 43.2 Å². The second-order valence-corrected chi connectivity index (χ2v) is 17.7. The minimum absolute atomic E-state index is 0.0563. The van der Waals surface area contributed by atoms with Gasteiger partial charge in [0, 0.05) is 22.7 Å². The first-order valence-electron chi connectivity index (χ1n) is 15.0. The maximum absolute atomic E-state index is 13.5. The molecule has 0 unspecified atom stereocenters. The lowest BCUT2D eigenvalue weighted by Crippen LogP contribution is -2.48. The average molecular weight is 609 g/mol. The fourth-order valence-electron chi connectivity index (χ4n) is 5.31. The van der Waals surface area contributed by atoms with E-state index in [4.69, 9.17) is 14.6 Å². The SMILES string of the molecule is Cc1nn(COCCS(C)(C)C)c(C)c1-c1ccc(NC(=O)[C@@H](NC(=O)OCc2ccccc2)[C@@H](C)CC2(C)CC2)cc1. The number of carbonyl (C=O) groups excluding carboxylic acids is 2. The minimum atomic E-state index is -0.719. The molecule has 0 bridgehead atoms. The fraction of sp³-hybridized carbons (Fsp3) is 0.500. The van der Waals surface area contributed by atoms with Gasteiger partial charge in [-0.3, -0.25) is 4.79 Å². The van der Waals surface area contributed by atoms with Crippen LogP contribution in [-0.2, 0) is 27.6 Å². The normalized spacial score (nSPS) is 15.8. The van der Waals surface area contributed by atoms with Gasteiger partial charge in [0.25, 0.3) is 0 Å². The van der Waals surface area contributed by atoms with E-state index in [1.807, 2.05) is 73.1 Å². The van der Waals surface area contributed by atoms with Crippen LogP contribution < -0.4 is 10.6 Å². The van der Waals surface area contributed by atoms with Gasteiger partial charge in [0.05, 0.1) is 12.3 Å². The Hall–Kier alpha value is -3.30. The Kier molecular flexibility index (Phi) is 10.6. The van der Waals surface area contributed by atoms with Crippen LogP contribution in [-0.4, -0.2) is 58.9 Å². The van der Waals surface area contributed by atoms with Gasteiger partial charge in [-0.15, -0.1) is 0 Å². The summed E-state index contributed by atoms with van der Waals surface area (Å²) < 4.78 is 13.3. The number of carbonyl (C=O) groups is 2. The van der Waals surface area contributed by atoms with Crippen molar-refractivity contribution in [1.29, 1.82) is 0 Å². The lowest BCUT2D eigenvalue weighted by atomic mass is 9.88. The third-order valence-corrected chi connectivity index (χ3v) is 9.52. The zero-order chi connectivity index (χ0) is 31.2. The van der Waals surface area contributed by atoms with Gasteiger partial charge in [-0.2, -0.15) is 5.10 Å². The highest BCUT2D eigenvalue weighted by molar-refractivity contribution is 8.32. The van der Waals surface area contributed by atoms with Gasteiger partial charge in [0.1, 0.15) is 19.4 Å². The number of amides is 2. The molecule has 2 N–H and O–H groups in total. The number of benzene rings is 2. The summed E-state index contributed by atoms with van der Waals surface area (Å²) in [7, 11) is -0.594. The maximum Gasteiger partial charge on any atom is 0.408 e. The molecule has 9 heteroatoms. The van der Waals surface area contributed by atoms with Crippen LogP contribution in [0.3, 0.4) is 0 Å². The molecule has 0 saturated heterocycles. The standard InChI is InChI=1S/C34H48N4O4S/c1-24(21-34(4)17-18-34)31(36-33(40)42-22-27-11-9-8-10-12-27)32(39)35-29-15-13-28(14-16-29)30-25(2)37-38(26(30)3)23-41-19-20-43(5,6)7/h8-16,24,31H,17-23H2,1-7H3,(H,35,39)(H,36,40)/t24-,31-/m0/s1. The highest BCUT2D eigenvalue weighted by Crippen LogP contribution is 2.50. The zero-order valence-corrected chi connectivity index (χ0v) is 27.6. The molecule has 0 spiro atoms. The van der Waals surface area contributed by atoms with Crippen LogP contribution in [0.25, 0.3) is 11.1 Å². The number of hydrogen-bond donors (Lipinski definition) is 2. The van der Waals surface area contributed by atoms with Crippen LogP contribution in [0.4, 0.5) is 10.5 Å². The van der Waals surface area contributed by atoms with Gasteiger partial charge in [-0.1, -0.05) is 56.3 Å². The van der Waals surface area contributed by atoms with Gasteiger partial charge in [0.2, 0.25) is 5.91 Å². The summed E-state index contributed by atoms with van der Waals surface area (Å²) in [5, 5.41) is 10.6. The zero-order valence-electron chi connectivity index (χ0n) is 26.7. The molecule has 234 valence electrons. The quantitative estimate of drug-likeness (QED) is 0.194. The molecule has 2 amide bonds. The topological polar surface area (TPSA) is 94.5 Å². The molecule has 2 atom stereocenters. The van der Waals surface area contributed by atoms with Gasteiger partial charge >= 0.3 is 6.09 Å². The van der Waals surface area contributed by atoms with Gasteiger partial charge in [-0.25, -0.2) is 19.5 Å². The van der Waals surface area contributed by atoms with Crippen molar-refractivity contribution < 1.29 is 19.1 Å². The molecule has 43 heavy (non-hydrogen) atoms. The predicted molar refractivity (Wildman–Crippen MR) is 177 cm³/mol. The summed E-state index contributed by atoms with van der Waals surface area (Å²) in [4.78, 5) is 26.3. The van der Waals surface area contributed by atoms with Crippen LogP contribution in [0.5, 0.6) is 0 Å². The molecule has 0 radical (unpaired) electrons. The average Bonchev–Trinajstić information content (AvgIpc) is 3.61. The molecular formula is C34H48N4O4S. The third kappa shape index (κ3) is 9.60. The Labute approximate surface area is 258 Å². The molecule has 8 nitrogen and oxygen atoms in total. The molecular weight excluding hydrogens is 560 g/mol. The Morgan fingerprint density at radius 1 is 1.05 bits per heavy atom. The summed E-state index contributed by atoms with van der Waals surface area (Å²) in [6, 6.07) is 16.6. The van der Waals surface area contributed by atoms with Crippen LogP contribution in [0.2, 0.25) is 0 Å². The van der Waals surface area contributed by atoms with Crippen molar-refractivity contribution in [2.24, 2.45) is 11.3 Å². The molecule has 1 heterocycles. The molecule has 0 aliphatic heterocycles. The van der Waals surface area contributed by atoms with Crippen molar-refractivity contribution in [3.8, 4) is 11.1 Å². The number of aryl methyl sites for hydroxylation is 1. The predicted octanol–water partition coefficient (Wildman–Crippen LogP) is 6.89. The van der Waals surface area contributed by atoms with Crippen molar-refractivity contribution in [3.63, 3.8) is 0 Å². The first-order valence-corrected chi connectivity index (χ1v) is 18.0. The number of rotatable bonds is 14. The maximum atomic E-state index is 13.5. The summed E-state index contributed by atoms with van der Waals surface area (Å²) in [6.07, 6.45) is 9.41. The van der Waals surface area contributed by atoms with Crippen molar-refractivity contribution in [1.82, 2.24) is 15.1 Å². The van der Waals surface area contributed by atoms with E-state index in [0.717, 1.165) is 59.7 Å². The Morgan fingerprint density at radius 3 is 2.35 bits per heavy atom. The highest BCUT2D eigenvalue weighted by atomic mass is 32.3. The second kappa shape index (κ2) is 14.0. The fourth-order valence-corrected chi connectivity index (χ4v) is 5.93. The summed E-state index contributed by atoms with van der Waals surface area (Å²) in [5.74, 6) is 0.755. The number of ether oxygens (including phenoxy) is 2. The van der Waals surface area contributed by atoms with Crippen molar-refractivity contribution in [3.05, 3.63) is 71.5 Å². The van der Waals surface area contributed by atoms with E-state index in [1.54, 1.807) is 0 Å². The molecule has 1 aliphatic carbocycles. The molecule has 2 aromatic carbocycles. The number of nitrogens with zero attached hydrogens (tertiary/aromatic N) is 2. The second-order valence-electron chi connectivity index (χ2n) is 13.1. The van der Waals surface area contributed by atoms with E-state index in [9.17, 15) is 9.59 Å². The smallest absolute Gasteiger partial charge is 0.408 e. The van der Waals surface area contributed by atoms with Crippen LogP contribution in [0, 0.1) is 25.2 Å². The van der Waals surface area contributed by atoms with E-state index >= 15 is 0 Å². The summed E-state index contributed by atoms with van der Waals surface area (Å²) in [5.41, 5.74) is 5.84. The van der Waals surface area contributed by atoms with Crippen molar-refractivity contribution >= 4 is 27.7 Å². The van der Waals surface area contributed by atoms with Crippen molar-refractivity contribution in [2.75, 3.05) is 36.4 Å². The van der Waals surface area contributed by atoms with Crippen LogP contribution >= 0.6 is 10.0 Å². The highest BCUT2D eigenvalue weighted by Gasteiger charge is 2.41. The number of alkyl carbamates (subject to hydrolysis) is 1. The molecule has 1 aromatic heterocycles. The van der Waals surface area contributed by atoms with E-state index < -0.39 is 22.2 Å². The van der Waals surface area contributed by atoms with Crippen LogP contribution in [0.15, 0.2) is 54.6 Å². The number of anilines is 1. The third-order valence-electron chi connectivity index (χ3n) is 8.13. The first kappa shape index (κ1) is 32.6. The monoisotopic (exact) mass is 608 g/mol. The van der Waals surface area contributed by atoms with E-state index in [1.165, 1.54) is 0 Å². The molecule has 1 saturated carbocycles. The molecule has 4 rings (SSSR count). The number of aromatic nitrogens is 2. The number of hydrogen-bond acceptors (Lipinski definition) is 5. The van der Waals surface area contributed by atoms with Gasteiger partial charge in [0.15, 0.2) is 0 Å². The first-order chi connectivity index (χ1) is 20.3. The number of nitrogens with one attached hydrogen (secondary N) is 2. The van der Waals surface area contributed by atoms with Gasteiger partial charge in [-0.05, 0) is 86.5 Å². The summed E-state index contributed by atoms with van der Waals surface area (Å²) in [6.45, 7) is 9.60. The lowest BCUT2D eigenvalue weighted by Gasteiger charge is -2.26.